The lowest BCUT2D eigenvalue weighted by molar-refractivity contribution is 0.433. The molecule has 136 valence electrons. The van der Waals surface area contributed by atoms with Gasteiger partial charge in [0, 0.05) is 11.3 Å². The van der Waals surface area contributed by atoms with Gasteiger partial charge in [-0.25, -0.2) is 8.42 Å². The van der Waals surface area contributed by atoms with E-state index in [1.807, 2.05) is 18.4 Å². The minimum atomic E-state index is -3.62. The van der Waals surface area contributed by atoms with Crippen LogP contribution in [0, 0.1) is 6.92 Å². The number of hydrogen-bond acceptors (Lipinski definition) is 6. The third-order valence-corrected chi connectivity index (χ3v) is 6.33. The number of sulfonamides is 1. The number of hydrogen-bond donors (Lipinski definition) is 1. The first kappa shape index (κ1) is 17.4. The number of aromatic nitrogens is 2. The van der Waals surface area contributed by atoms with Crippen LogP contribution in [0.15, 0.2) is 75.5 Å². The zero-order chi connectivity index (χ0) is 18.9. The Labute approximate surface area is 160 Å². The summed E-state index contributed by atoms with van der Waals surface area (Å²) in [6.45, 7) is 1.99. The number of rotatable bonds is 5. The molecule has 0 amide bonds. The van der Waals surface area contributed by atoms with Gasteiger partial charge in [0.25, 0.3) is 15.9 Å². The predicted octanol–water partition coefficient (Wildman–Crippen LogP) is 4.57. The number of benzene rings is 2. The highest BCUT2D eigenvalue weighted by molar-refractivity contribution is 7.92. The zero-order valence-corrected chi connectivity index (χ0v) is 15.9. The van der Waals surface area contributed by atoms with Crippen LogP contribution in [0.4, 0.5) is 5.69 Å². The van der Waals surface area contributed by atoms with E-state index in [4.69, 9.17) is 4.52 Å². The fraction of sp³-hybridized carbons (Fsp3) is 0.0526. The predicted molar refractivity (Wildman–Crippen MR) is 105 cm³/mol. The Balaban J connectivity index is 1.55. The molecule has 0 bridgehead atoms. The fourth-order valence-corrected chi connectivity index (χ4v) is 4.45. The minimum absolute atomic E-state index is 0.211. The van der Waals surface area contributed by atoms with Gasteiger partial charge >= 0.3 is 0 Å². The molecule has 0 aliphatic heterocycles. The van der Waals surface area contributed by atoms with Crippen molar-refractivity contribution in [3.8, 4) is 22.2 Å². The van der Waals surface area contributed by atoms with E-state index in [9.17, 15) is 8.42 Å². The molecule has 27 heavy (non-hydrogen) atoms. The first-order chi connectivity index (χ1) is 13.0. The Hall–Kier alpha value is -2.97. The van der Waals surface area contributed by atoms with E-state index < -0.39 is 10.0 Å². The quantitative estimate of drug-likeness (QED) is 0.533. The van der Waals surface area contributed by atoms with Crippen LogP contribution in [0.25, 0.3) is 22.2 Å². The van der Waals surface area contributed by atoms with Crippen LogP contribution in [0.1, 0.15) is 5.56 Å². The van der Waals surface area contributed by atoms with Crippen molar-refractivity contribution in [1.29, 1.82) is 0 Å². The number of thiophene rings is 1. The topological polar surface area (TPSA) is 85.1 Å². The summed E-state index contributed by atoms with van der Waals surface area (Å²) >= 11 is 1.54. The molecule has 4 aromatic rings. The Kier molecular flexibility index (Phi) is 4.51. The van der Waals surface area contributed by atoms with E-state index in [2.05, 4.69) is 14.9 Å². The molecule has 2 heterocycles. The van der Waals surface area contributed by atoms with Crippen molar-refractivity contribution in [2.24, 2.45) is 0 Å². The number of nitrogens with one attached hydrogen (secondary N) is 1. The Morgan fingerprint density at radius 3 is 2.41 bits per heavy atom. The highest BCUT2D eigenvalue weighted by Gasteiger charge is 2.15. The SMILES string of the molecule is Cc1ccsc1-c1nc(-c2ccc(NS(=O)(=O)c3ccccc3)cc2)no1. The van der Waals surface area contributed by atoms with Gasteiger partial charge in [-0.15, -0.1) is 11.3 Å². The summed E-state index contributed by atoms with van der Waals surface area (Å²) < 4.78 is 32.7. The molecule has 0 spiro atoms. The van der Waals surface area contributed by atoms with Gasteiger partial charge < -0.3 is 4.52 Å². The van der Waals surface area contributed by atoms with Gasteiger partial charge in [-0.3, -0.25) is 4.72 Å². The summed E-state index contributed by atoms with van der Waals surface area (Å²) in [4.78, 5) is 5.59. The smallest absolute Gasteiger partial charge is 0.268 e. The van der Waals surface area contributed by atoms with Crippen LogP contribution >= 0.6 is 11.3 Å². The van der Waals surface area contributed by atoms with Crippen LogP contribution in [-0.4, -0.2) is 18.6 Å². The second kappa shape index (κ2) is 6.98. The minimum Gasteiger partial charge on any atom is -0.333 e. The lowest BCUT2D eigenvalue weighted by atomic mass is 10.2. The maximum absolute atomic E-state index is 12.4. The van der Waals surface area contributed by atoms with Crippen molar-refractivity contribution in [1.82, 2.24) is 10.1 Å². The van der Waals surface area contributed by atoms with Gasteiger partial charge in [0.2, 0.25) is 5.82 Å². The summed E-state index contributed by atoms with van der Waals surface area (Å²) in [6.07, 6.45) is 0. The second-order valence-corrected chi connectivity index (χ2v) is 8.45. The summed E-state index contributed by atoms with van der Waals surface area (Å²) in [6, 6.07) is 17.1. The molecular weight excluding hydrogens is 382 g/mol. The molecule has 2 aromatic carbocycles. The summed E-state index contributed by atoms with van der Waals surface area (Å²) in [5.74, 6) is 0.932. The third-order valence-electron chi connectivity index (χ3n) is 3.93. The van der Waals surface area contributed by atoms with Gasteiger partial charge in [-0.05, 0) is 60.3 Å². The monoisotopic (exact) mass is 397 g/mol. The maximum Gasteiger partial charge on any atom is 0.268 e. The summed E-state index contributed by atoms with van der Waals surface area (Å²) in [5, 5.41) is 5.99. The summed E-state index contributed by atoms with van der Waals surface area (Å²) in [7, 11) is -3.62. The molecule has 0 aliphatic carbocycles. The molecule has 1 N–H and O–H groups in total. The lowest BCUT2D eigenvalue weighted by Gasteiger charge is -2.08. The fourth-order valence-electron chi connectivity index (χ4n) is 2.53. The van der Waals surface area contributed by atoms with Crippen LogP contribution in [0.5, 0.6) is 0 Å². The molecule has 0 saturated heterocycles. The molecule has 6 nitrogen and oxygen atoms in total. The van der Waals surface area contributed by atoms with Crippen molar-refractivity contribution < 1.29 is 12.9 Å². The summed E-state index contributed by atoms with van der Waals surface area (Å²) in [5.41, 5.74) is 2.28. The maximum atomic E-state index is 12.4. The zero-order valence-electron chi connectivity index (χ0n) is 14.3. The van der Waals surface area contributed by atoms with Crippen molar-refractivity contribution in [3.63, 3.8) is 0 Å². The van der Waals surface area contributed by atoms with E-state index in [-0.39, 0.29) is 4.90 Å². The molecule has 0 atom stereocenters. The largest absolute Gasteiger partial charge is 0.333 e. The molecule has 8 heteroatoms. The second-order valence-electron chi connectivity index (χ2n) is 5.85. The van der Waals surface area contributed by atoms with E-state index in [0.29, 0.717) is 17.4 Å². The van der Waals surface area contributed by atoms with Crippen LogP contribution in [-0.2, 0) is 10.0 Å². The molecular formula is C19H15N3O3S2. The van der Waals surface area contributed by atoms with E-state index in [0.717, 1.165) is 16.0 Å². The first-order valence-electron chi connectivity index (χ1n) is 8.09. The average Bonchev–Trinajstić information content (AvgIpc) is 3.32. The van der Waals surface area contributed by atoms with Gasteiger partial charge in [0.05, 0.1) is 9.77 Å². The number of aryl methyl sites for hydroxylation is 1. The molecule has 0 unspecified atom stereocenters. The average molecular weight is 397 g/mol. The van der Waals surface area contributed by atoms with Gasteiger partial charge in [0.1, 0.15) is 0 Å². The van der Waals surface area contributed by atoms with E-state index in [1.165, 1.54) is 0 Å². The highest BCUT2D eigenvalue weighted by atomic mass is 32.2. The molecule has 0 aliphatic rings. The van der Waals surface area contributed by atoms with Crippen LogP contribution in [0.3, 0.4) is 0 Å². The lowest BCUT2D eigenvalue weighted by Crippen LogP contribution is -2.12. The molecule has 2 aromatic heterocycles. The van der Waals surface area contributed by atoms with Gasteiger partial charge in [-0.1, -0.05) is 23.4 Å². The third kappa shape index (κ3) is 3.62. The Bertz CT molecular complexity index is 1160. The van der Waals surface area contributed by atoms with Gasteiger partial charge in [-0.2, -0.15) is 4.98 Å². The Morgan fingerprint density at radius 1 is 1.00 bits per heavy atom. The molecule has 0 fully saturated rings. The highest BCUT2D eigenvalue weighted by Crippen LogP contribution is 2.29. The van der Waals surface area contributed by atoms with Crippen LogP contribution < -0.4 is 4.72 Å². The van der Waals surface area contributed by atoms with Crippen molar-refractivity contribution in [2.45, 2.75) is 11.8 Å². The number of anilines is 1. The molecule has 4 rings (SSSR count). The molecule has 0 saturated carbocycles. The number of nitrogens with zero attached hydrogens (tertiary/aromatic N) is 2. The van der Waals surface area contributed by atoms with Crippen molar-refractivity contribution in [2.75, 3.05) is 4.72 Å². The van der Waals surface area contributed by atoms with Crippen LogP contribution in [0.2, 0.25) is 0 Å². The van der Waals surface area contributed by atoms with Crippen molar-refractivity contribution in [3.05, 3.63) is 71.6 Å². The first-order valence-corrected chi connectivity index (χ1v) is 10.5. The Morgan fingerprint density at radius 2 is 1.74 bits per heavy atom. The van der Waals surface area contributed by atoms with E-state index >= 15 is 0 Å². The van der Waals surface area contributed by atoms with Gasteiger partial charge in [0.15, 0.2) is 0 Å². The normalized spacial score (nSPS) is 11.4. The standard InChI is InChI=1S/C19H15N3O3S2/c1-13-11-12-26-17(13)19-20-18(21-25-19)14-7-9-15(10-8-14)22-27(23,24)16-5-3-2-4-6-16/h2-12,22H,1H3. The van der Waals surface area contributed by atoms with Crippen molar-refractivity contribution >= 4 is 27.0 Å². The molecule has 0 radical (unpaired) electrons. The van der Waals surface area contributed by atoms with E-state index in [1.54, 1.807) is 65.9 Å².